The molecule has 30 heavy (non-hydrogen) atoms. The molecule has 0 aromatic heterocycles. The molecule has 0 amide bonds. The lowest BCUT2D eigenvalue weighted by Crippen LogP contribution is -2.54. The monoisotopic (exact) mass is 425 g/mol. The highest BCUT2D eigenvalue weighted by molar-refractivity contribution is 7.89. The van der Waals surface area contributed by atoms with Crippen LogP contribution in [0.25, 0.3) is 0 Å². The number of sulfonamides is 1. The molecule has 0 spiro atoms. The number of carbonyl (C=O) groups is 2. The molecular weight excluding hydrogens is 398 g/mol. The summed E-state index contributed by atoms with van der Waals surface area (Å²) < 4.78 is 28.3. The molecule has 2 atom stereocenters. The summed E-state index contributed by atoms with van der Waals surface area (Å²) in [7, 11) is -3.66. The molecule has 158 valence electrons. The second-order valence-corrected chi connectivity index (χ2v) is 10.6. The van der Waals surface area contributed by atoms with Gasteiger partial charge in [-0.1, -0.05) is 42.5 Å². The van der Waals surface area contributed by atoms with Crippen LogP contribution in [0.5, 0.6) is 0 Å². The van der Waals surface area contributed by atoms with E-state index in [2.05, 4.69) is 12.1 Å². The predicted octanol–water partition coefficient (Wildman–Crippen LogP) is 3.88. The van der Waals surface area contributed by atoms with Gasteiger partial charge in [0.15, 0.2) is 5.78 Å². The zero-order valence-electron chi connectivity index (χ0n) is 17.2. The van der Waals surface area contributed by atoms with Gasteiger partial charge >= 0.3 is 0 Å². The number of rotatable bonds is 5. The fourth-order valence-electron chi connectivity index (χ4n) is 5.04. The zero-order chi connectivity index (χ0) is 21.4. The van der Waals surface area contributed by atoms with Gasteiger partial charge in [0, 0.05) is 31.5 Å². The fourth-order valence-corrected chi connectivity index (χ4v) is 6.59. The molecular formula is C24H27NO4S. The van der Waals surface area contributed by atoms with E-state index in [9.17, 15) is 18.0 Å². The van der Waals surface area contributed by atoms with E-state index in [1.165, 1.54) is 24.6 Å². The maximum Gasteiger partial charge on any atom is 0.243 e. The van der Waals surface area contributed by atoms with Gasteiger partial charge in [-0.2, -0.15) is 4.31 Å². The Morgan fingerprint density at radius 2 is 1.80 bits per heavy atom. The smallest absolute Gasteiger partial charge is 0.243 e. The van der Waals surface area contributed by atoms with Crippen LogP contribution >= 0.6 is 0 Å². The lowest BCUT2D eigenvalue weighted by atomic mass is 9.60. The zero-order valence-corrected chi connectivity index (χ0v) is 18.0. The van der Waals surface area contributed by atoms with Crippen LogP contribution < -0.4 is 0 Å². The van der Waals surface area contributed by atoms with Gasteiger partial charge in [-0.15, -0.1) is 0 Å². The predicted molar refractivity (Wildman–Crippen MR) is 115 cm³/mol. The van der Waals surface area contributed by atoms with E-state index in [-0.39, 0.29) is 22.0 Å². The molecule has 1 saturated carbocycles. The summed E-state index contributed by atoms with van der Waals surface area (Å²) in [5.41, 5.74) is 1.46. The number of Topliss-reactive ketones (excluding diaryl/α,β-unsaturated/α-hetero) is 2. The largest absolute Gasteiger partial charge is 0.300 e. The van der Waals surface area contributed by atoms with Crippen LogP contribution in [0.2, 0.25) is 0 Å². The van der Waals surface area contributed by atoms with E-state index in [0.29, 0.717) is 43.7 Å². The Bertz CT molecular complexity index is 1050. The highest BCUT2D eigenvalue weighted by Crippen LogP contribution is 2.48. The Labute approximate surface area is 178 Å². The minimum Gasteiger partial charge on any atom is -0.300 e. The van der Waals surface area contributed by atoms with Crippen LogP contribution in [0.1, 0.15) is 48.5 Å². The van der Waals surface area contributed by atoms with Gasteiger partial charge < -0.3 is 0 Å². The Morgan fingerprint density at radius 1 is 1.10 bits per heavy atom. The molecule has 2 aromatic rings. The van der Waals surface area contributed by atoms with Crippen molar-refractivity contribution in [2.45, 2.75) is 43.9 Å². The second-order valence-electron chi connectivity index (χ2n) is 8.67. The van der Waals surface area contributed by atoms with Gasteiger partial charge in [0.2, 0.25) is 10.0 Å². The molecule has 4 rings (SSSR count). The average Bonchev–Trinajstić information content (AvgIpc) is 2.74. The van der Waals surface area contributed by atoms with Crippen molar-refractivity contribution in [1.29, 1.82) is 0 Å². The highest BCUT2D eigenvalue weighted by atomic mass is 32.2. The summed E-state index contributed by atoms with van der Waals surface area (Å²) in [6, 6.07) is 16.3. The summed E-state index contributed by atoms with van der Waals surface area (Å²) in [5.74, 6) is 0.416. The maximum atomic E-state index is 13.4. The van der Waals surface area contributed by atoms with Crippen LogP contribution in [0.15, 0.2) is 59.5 Å². The minimum absolute atomic E-state index is 0.0894. The van der Waals surface area contributed by atoms with Gasteiger partial charge in [0.25, 0.3) is 0 Å². The van der Waals surface area contributed by atoms with E-state index in [0.717, 1.165) is 12.8 Å². The van der Waals surface area contributed by atoms with Crippen LogP contribution in [-0.2, 0) is 21.2 Å². The Hall–Kier alpha value is -2.31. The normalized spacial score (nSPS) is 25.0. The number of hydrogen-bond donors (Lipinski definition) is 0. The standard InChI is InChI=1S/C24H27NO4S/c1-18(26)20-7-9-23(10-8-20)30(28,29)25-14-12-21-15-22(27)11-13-24(21,17-25)16-19-5-3-2-4-6-19/h2-10,21H,11-17H2,1H3. The van der Waals surface area contributed by atoms with Crippen molar-refractivity contribution in [2.75, 3.05) is 13.1 Å². The molecule has 0 radical (unpaired) electrons. The van der Waals surface area contributed by atoms with E-state index in [1.54, 1.807) is 16.4 Å². The molecule has 1 aliphatic heterocycles. The van der Waals surface area contributed by atoms with Gasteiger partial charge in [-0.25, -0.2) is 8.42 Å². The SMILES string of the molecule is CC(=O)c1ccc(S(=O)(=O)N2CCC3CC(=O)CCC3(Cc3ccccc3)C2)cc1. The number of hydrogen-bond acceptors (Lipinski definition) is 4. The summed E-state index contributed by atoms with van der Waals surface area (Å²) in [6.45, 7) is 2.31. The topological polar surface area (TPSA) is 71.5 Å². The van der Waals surface area contributed by atoms with E-state index < -0.39 is 10.0 Å². The van der Waals surface area contributed by atoms with Crippen molar-refractivity contribution in [2.24, 2.45) is 11.3 Å². The fraction of sp³-hybridized carbons (Fsp3) is 0.417. The van der Waals surface area contributed by atoms with Crippen LogP contribution in [0.3, 0.4) is 0 Å². The van der Waals surface area contributed by atoms with Crippen molar-refractivity contribution in [3.8, 4) is 0 Å². The quantitative estimate of drug-likeness (QED) is 0.682. The van der Waals surface area contributed by atoms with Crippen molar-refractivity contribution in [1.82, 2.24) is 4.31 Å². The van der Waals surface area contributed by atoms with Crippen LogP contribution in [-0.4, -0.2) is 37.4 Å². The lowest BCUT2D eigenvalue weighted by Gasteiger charge is -2.50. The molecule has 2 aromatic carbocycles. The first-order valence-corrected chi connectivity index (χ1v) is 11.9. The third-order valence-corrected chi connectivity index (χ3v) is 8.62. The molecule has 2 fully saturated rings. The molecule has 2 unspecified atom stereocenters. The molecule has 5 nitrogen and oxygen atoms in total. The van der Waals surface area contributed by atoms with Crippen molar-refractivity contribution < 1.29 is 18.0 Å². The lowest BCUT2D eigenvalue weighted by molar-refractivity contribution is -0.126. The summed E-state index contributed by atoms with van der Waals surface area (Å²) in [6.07, 6.45) is 3.27. The van der Waals surface area contributed by atoms with E-state index >= 15 is 0 Å². The summed E-state index contributed by atoms with van der Waals surface area (Å²) in [4.78, 5) is 23.9. The number of benzene rings is 2. The third-order valence-electron chi connectivity index (χ3n) is 6.76. The number of ketones is 2. The first-order valence-electron chi connectivity index (χ1n) is 10.5. The van der Waals surface area contributed by atoms with Crippen molar-refractivity contribution in [3.05, 3.63) is 65.7 Å². The van der Waals surface area contributed by atoms with Crippen LogP contribution in [0.4, 0.5) is 0 Å². The maximum absolute atomic E-state index is 13.4. The number of piperidine rings is 1. The highest BCUT2D eigenvalue weighted by Gasteiger charge is 2.49. The number of nitrogens with zero attached hydrogens (tertiary/aromatic N) is 1. The van der Waals surface area contributed by atoms with Gasteiger partial charge in [-0.3, -0.25) is 9.59 Å². The number of carbonyl (C=O) groups excluding carboxylic acids is 2. The first kappa shape index (κ1) is 20.9. The van der Waals surface area contributed by atoms with E-state index in [1.807, 2.05) is 18.2 Å². The molecule has 6 heteroatoms. The van der Waals surface area contributed by atoms with E-state index in [4.69, 9.17) is 0 Å². The van der Waals surface area contributed by atoms with Gasteiger partial charge in [0.1, 0.15) is 5.78 Å². The molecule has 0 N–H and O–H groups in total. The summed E-state index contributed by atoms with van der Waals surface area (Å²) in [5, 5.41) is 0. The molecule has 1 aliphatic carbocycles. The van der Waals surface area contributed by atoms with Crippen LogP contribution in [0, 0.1) is 11.3 Å². The first-order chi connectivity index (χ1) is 14.3. The van der Waals surface area contributed by atoms with Gasteiger partial charge in [-0.05, 0) is 55.2 Å². The Morgan fingerprint density at radius 3 is 2.47 bits per heavy atom. The summed E-state index contributed by atoms with van der Waals surface area (Å²) >= 11 is 0. The van der Waals surface area contributed by atoms with Crippen molar-refractivity contribution >= 4 is 21.6 Å². The average molecular weight is 426 g/mol. The third kappa shape index (κ3) is 3.98. The number of fused-ring (bicyclic) bond motifs is 1. The Kier molecular flexibility index (Phi) is 5.64. The minimum atomic E-state index is -3.66. The molecule has 1 heterocycles. The molecule has 0 bridgehead atoms. The van der Waals surface area contributed by atoms with Crippen molar-refractivity contribution in [3.63, 3.8) is 0 Å². The Balaban J connectivity index is 1.64. The second kappa shape index (κ2) is 8.08. The molecule has 2 aliphatic rings. The molecule has 1 saturated heterocycles. The van der Waals surface area contributed by atoms with Gasteiger partial charge in [0.05, 0.1) is 4.90 Å².